The van der Waals surface area contributed by atoms with Crippen LogP contribution in [0.2, 0.25) is 0 Å². The molecule has 3 rings (SSSR count). The molecule has 1 saturated heterocycles. The van der Waals surface area contributed by atoms with Crippen LogP contribution in [0, 0.1) is 22.0 Å². The van der Waals surface area contributed by atoms with Gasteiger partial charge in [0.05, 0.1) is 18.1 Å². The molecule has 0 N–H and O–H groups in total. The van der Waals surface area contributed by atoms with Crippen LogP contribution < -0.4 is 0 Å². The third kappa shape index (κ3) is 0.588. The number of ether oxygens (including phenoxy) is 1. The minimum atomic E-state index is -0.288. The van der Waals surface area contributed by atoms with Gasteiger partial charge in [0.15, 0.2) is 0 Å². The van der Waals surface area contributed by atoms with Gasteiger partial charge in [-0.1, -0.05) is 0 Å². The zero-order valence-corrected chi connectivity index (χ0v) is 5.97. The van der Waals surface area contributed by atoms with Crippen LogP contribution in [0.25, 0.3) is 0 Å². The Bertz CT molecular complexity index is 230. The molecule has 3 fully saturated rings. The smallest absolute Gasteiger partial charge is 0.218 e. The summed E-state index contributed by atoms with van der Waals surface area (Å²) < 4.78 is 5.32. The maximum Gasteiger partial charge on any atom is 0.218 e. The van der Waals surface area contributed by atoms with E-state index in [1.165, 1.54) is 0 Å². The molecular formula is C7H9NO3. The summed E-state index contributed by atoms with van der Waals surface area (Å²) in [5.74, 6) is 0.764. The molecule has 0 aromatic carbocycles. The summed E-state index contributed by atoms with van der Waals surface area (Å²) in [6.45, 7) is 0. The second kappa shape index (κ2) is 1.58. The molecule has 2 aliphatic carbocycles. The van der Waals surface area contributed by atoms with E-state index >= 15 is 0 Å². The molecule has 0 amide bonds. The fraction of sp³-hybridized carbons (Fsp3) is 1.00. The van der Waals surface area contributed by atoms with Gasteiger partial charge in [-0.05, 0) is 12.3 Å². The van der Waals surface area contributed by atoms with Gasteiger partial charge >= 0.3 is 0 Å². The standard InChI is InChI=1S/C7H9NO3/c9-8(10)5-2-3-1-4(5)7-6(3)11-7/h3-7H,1-2H2. The lowest BCUT2D eigenvalue weighted by molar-refractivity contribution is -0.530. The van der Waals surface area contributed by atoms with Gasteiger partial charge in [-0.15, -0.1) is 0 Å². The summed E-state index contributed by atoms with van der Waals surface area (Å²) >= 11 is 0. The van der Waals surface area contributed by atoms with Crippen molar-refractivity contribution in [3.05, 3.63) is 10.1 Å². The highest BCUT2D eigenvalue weighted by molar-refractivity contribution is 5.10. The number of nitro groups is 1. The SMILES string of the molecule is O=[N+]([O-])C1CC2CC1C1OC21. The van der Waals surface area contributed by atoms with Gasteiger partial charge in [0, 0.05) is 11.3 Å². The predicted molar refractivity (Wildman–Crippen MR) is 35.7 cm³/mol. The Morgan fingerprint density at radius 2 is 2.18 bits per heavy atom. The third-order valence-electron chi connectivity index (χ3n) is 3.33. The molecular weight excluding hydrogens is 146 g/mol. The lowest BCUT2D eigenvalue weighted by Crippen LogP contribution is -2.30. The first-order chi connectivity index (χ1) is 5.27. The number of epoxide rings is 1. The molecule has 0 spiro atoms. The van der Waals surface area contributed by atoms with Crippen molar-refractivity contribution in [2.24, 2.45) is 11.8 Å². The van der Waals surface area contributed by atoms with E-state index in [0.29, 0.717) is 12.0 Å². The zero-order chi connectivity index (χ0) is 7.59. The first kappa shape index (κ1) is 5.94. The van der Waals surface area contributed by atoms with Gasteiger partial charge in [-0.25, -0.2) is 0 Å². The van der Waals surface area contributed by atoms with Gasteiger partial charge in [-0.3, -0.25) is 10.1 Å². The fourth-order valence-corrected chi connectivity index (χ4v) is 2.81. The molecule has 0 aromatic heterocycles. The lowest BCUT2D eigenvalue weighted by Gasteiger charge is -2.09. The molecule has 4 heteroatoms. The molecule has 60 valence electrons. The number of fused-ring (bicyclic) bond motifs is 5. The van der Waals surface area contributed by atoms with Crippen molar-refractivity contribution in [3.63, 3.8) is 0 Å². The maximum atomic E-state index is 10.5. The molecule has 1 heterocycles. The Labute approximate surface area is 63.7 Å². The van der Waals surface area contributed by atoms with Crippen molar-refractivity contribution < 1.29 is 9.66 Å². The van der Waals surface area contributed by atoms with Gasteiger partial charge < -0.3 is 4.74 Å². The summed E-state index contributed by atoms with van der Waals surface area (Å²) in [5.41, 5.74) is 0. The van der Waals surface area contributed by atoms with Crippen molar-refractivity contribution in [1.29, 1.82) is 0 Å². The van der Waals surface area contributed by atoms with E-state index < -0.39 is 0 Å². The van der Waals surface area contributed by atoms with E-state index in [9.17, 15) is 10.1 Å². The second-order valence-corrected chi connectivity index (χ2v) is 3.81. The lowest BCUT2D eigenvalue weighted by atomic mass is 9.96. The molecule has 0 aromatic rings. The zero-order valence-electron chi connectivity index (χ0n) is 5.97. The summed E-state index contributed by atoms with van der Waals surface area (Å²) in [6.07, 6.45) is 2.49. The van der Waals surface area contributed by atoms with E-state index in [0.717, 1.165) is 12.8 Å². The van der Waals surface area contributed by atoms with E-state index in [1.54, 1.807) is 0 Å². The van der Waals surface area contributed by atoms with Crippen molar-refractivity contribution >= 4 is 0 Å². The molecule has 2 saturated carbocycles. The van der Waals surface area contributed by atoms with Gasteiger partial charge in [-0.2, -0.15) is 0 Å². The highest BCUT2D eigenvalue weighted by Crippen LogP contribution is 2.56. The molecule has 4 nitrogen and oxygen atoms in total. The topological polar surface area (TPSA) is 55.7 Å². The molecule has 2 bridgehead atoms. The number of hydrogen-bond acceptors (Lipinski definition) is 3. The monoisotopic (exact) mass is 155 g/mol. The van der Waals surface area contributed by atoms with Crippen LogP contribution in [0.4, 0.5) is 0 Å². The first-order valence-electron chi connectivity index (χ1n) is 4.06. The molecule has 5 unspecified atom stereocenters. The molecule has 5 atom stereocenters. The Morgan fingerprint density at radius 1 is 1.36 bits per heavy atom. The first-order valence-corrected chi connectivity index (χ1v) is 4.06. The summed E-state index contributed by atoms with van der Waals surface area (Å²) in [6, 6.07) is -0.288. The average molecular weight is 155 g/mol. The number of nitrogens with zero attached hydrogens (tertiary/aromatic N) is 1. The van der Waals surface area contributed by atoms with E-state index in [1.807, 2.05) is 0 Å². The van der Waals surface area contributed by atoms with Crippen molar-refractivity contribution in [2.75, 3.05) is 0 Å². The third-order valence-corrected chi connectivity index (χ3v) is 3.33. The minimum absolute atomic E-state index is 0.122. The van der Waals surface area contributed by atoms with Gasteiger partial charge in [0.25, 0.3) is 0 Å². The molecule has 3 aliphatic rings. The molecule has 1 aliphatic heterocycles. The Balaban J connectivity index is 1.87. The van der Waals surface area contributed by atoms with Gasteiger partial charge in [0.2, 0.25) is 6.04 Å². The molecule has 11 heavy (non-hydrogen) atoms. The predicted octanol–water partition coefficient (Wildman–Crippen LogP) is 0.439. The number of rotatable bonds is 1. The largest absolute Gasteiger partial charge is 0.369 e. The van der Waals surface area contributed by atoms with Crippen LogP contribution >= 0.6 is 0 Å². The summed E-state index contributed by atoms with van der Waals surface area (Å²) in [7, 11) is 0. The van der Waals surface area contributed by atoms with E-state index in [4.69, 9.17) is 4.74 Å². The van der Waals surface area contributed by atoms with Gasteiger partial charge in [0.1, 0.15) is 0 Å². The second-order valence-electron chi connectivity index (χ2n) is 3.81. The minimum Gasteiger partial charge on any atom is -0.369 e. The van der Waals surface area contributed by atoms with Crippen LogP contribution in [-0.4, -0.2) is 23.2 Å². The van der Waals surface area contributed by atoms with Crippen molar-refractivity contribution in [2.45, 2.75) is 31.1 Å². The fourth-order valence-electron chi connectivity index (χ4n) is 2.81. The van der Waals surface area contributed by atoms with E-state index in [-0.39, 0.29) is 23.0 Å². The van der Waals surface area contributed by atoms with Crippen LogP contribution in [-0.2, 0) is 4.74 Å². The highest BCUT2D eigenvalue weighted by Gasteiger charge is 2.67. The van der Waals surface area contributed by atoms with Crippen molar-refractivity contribution in [1.82, 2.24) is 0 Å². The highest BCUT2D eigenvalue weighted by atomic mass is 16.6. The Morgan fingerprint density at radius 3 is 2.73 bits per heavy atom. The van der Waals surface area contributed by atoms with Crippen LogP contribution in [0.1, 0.15) is 12.8 Å². The van der Waals surface area contributed by atoms with E-state index in [2.05, 4.69) is 0 Å². The Hall–Kier alpha value is -0.640. The maximum absolute atomic E-state index is 10.5. The van der Waals surface area contributed by atoms with Crippen molar-refractivity contribution in [3.8, 4) is 0 Å². The quantitative estimate of drug-likeness (QED) is 0.313. The normalized spacial score (nSPS) is 57.6. The van der Waals surface area contributed by atoms with Crippen LogP contribution in [0.3, 0.4) is 0 Å². The summed E-state index contributed by atoms with van der Waals surface area (Å²) in [5, 5.41) is 10.5. The molecule has 0 radical (unpaired) electrons. The number of hydrogen-bond donors (Lipinski definition) is 0. The average Bonchev–Trinajstić information content (AvgIpc) is 2.57. The van der Waals surface area contributed by atoms with Crippen LogP contribution in [0.15, 0.2) is 0 Å². The Kier molecular flexibility index (Phi) is 0.852. The van der Waals surface area contributed by atoms with Crippen LogP contribution in [0.5, 0.6) is 0 Å². The summed E-state index contributed by atoms with van der Waals surface area (Å²) in [4.78, 5) is 10.4.